The molecule has 0 aliphatic rings. The predicted molar refractivity (Wildman–Crippen MR) is 132 cm³/mol. The van der Waals surface area contributed by atoms with Crippen LogP contribution in [0.4, 0.5) is 5.69 Å². The van der Waals surface area contributed by atoms with E-state index in [0.717, 1.165) is 28.9 Å². The molecular formula is C29H28N2. The molecule has 1 unspecified atom stereocenters. The van der Waals surface area contributed by atoms with Crippen molar-refractivity contribution in [3.8, 4) is 0 Å². The van der Waals surface area contributed by atoms with Gasteiger partial charge in [0.25, 0.3) is 0 Å². The highest BCUT2D eigenvalue weighted by molar-refractivity contribution is 6.13. The van der Waals surface area contributed by atoms with Crippen LogP contribution in [-0.4, -0.2) is 11.8 Å². The highest BCUT2D eigenvalue weighted by Crippen LogP contribution is 2.23. The van der Waals surface area contributed by atoms with Gasteiger partial charge < -0.3 is 0 Å². The average Bonchev–Trinajstić information content (AvgIpc) is 2.82. The molecule has 4 rings (SSSR count). The molecule has 0 amide bonds. The van der Waals surface area contributed by atoms with Gasteiger partial charge in [-0.3, -0.25) is 5.01 Å². The molecule has 154 valence electrons. The van der Waals surface area contributed by atoms with Crippen molar-refractivity contribution in [2.24, 2.45) is 5.10 Å². The second-order valence-electron chi connectivity index (χ2n) is 7.90. The molecule has 2 heteroatoms. The van der Waals surface area contributed by atoms with Gasteiger partial charge in [0.05, 0.1) is 17.4 Å². The number of nitrogens with zero attached hydrogens (tertiary/aromatic N) is 2. The molecule has 0 aromatic heterocycles. The van der Waals surface area contributed by atoms with Gasteiger partial charge in [0.1, 0.15) is 0 Å². The third-order valence-corrected chi connectivity index (χ3v) is 5.39. The largest absolute Gasteiger partial charge is 0.262 e. The molecule has 0 aliphatic carbocycles. The van der Waals surface area contributed by atoms with Gasteiger partial charge in [0.15, 0.2) is 0 Å². The molecule has 0 fully saturated rings. The molecule has 0 heterocycles. The number of aryl methyl sites for hydroxylation is 1. The SMILES string of the molecule is Cc1ccc(N(N=C(c2ccccc2)c2ccccc2)C(C)Cc2ccccc2)cc1. The third kappa shape index (κ3) is 5.29. The first kappa shape index (κ1) is 20.6. The molecule has 0 aliphatic heterocycles. The standard InChI is InChI=1S/C29H28N2/c1-23-18-20-28(21-19-23)31(24(2)22-25-12-6-3-7-13-25)30-29(26-14-8-4-9-15-26)27-16-10-5-11-17-27/h3-21,24H,22H2,1-2H3. The van der Waals surface area contributed by atoms with Crippen LogP contribution in [0.2, 0.25) is 0 Å². The molecule has 0 N–H and O–H groups in total. The fraction of sp³-hybridized carbons (Fsp3) is 0.138. The summed E-state index contributed by atoms with van der Waals surface area (Å²) in [6.07, 6.45) is 0.912. The van der Waals surface area contributed by atoms with Crippen molar-refractivity contribution >= 4 is 11.4 Å². The molecule has 0 spiro atoms. The predicted octanol–water partition coefficient (Wildman–Crippen LogP) is 6.89. The van der Waals surface area contributed by atoms with Crippen LogP contribution in [0.5, 0.6) is 0 Å². The third-order valence-electron chi connectivity index (χ3n) is 5.39. The van der Waals surface area contributed by atoms with Crippen molar-refractivity contribution < 1.29 is 0 Å². The van der Waals surface area contributed by atoms with Crippen molar-refractivity contribution in [3.05, 3.63) is 138 Å². The topological polar surface area (TPSA) is 15.6 Å². The van der Waals surface area contributed by atoms with Gasteiger partial charge in [-0.25, -0.2) is 0 Å². The summed E-state index contributed by atoms with van der Waals surface area (Å²) >= 11 is 0. The van der Waals surface area contributed by atoms with E-state index in [1.807, 2.05) is 12.1 Å². The van der Waals surface area contributed by atoms with Gasteiger partial charge in [-0.15, -0.1) is 0 Å². The Labute approximate surface area is 185 Å². The molecule has 4 aromatic carbocycles. The molecule has 0 saturated heterocycles. The Morgan fingerprint density at radius 2 is 1.16 bits per heavy atom. The van der Waals surface area contributed by atoms with Gasteiger partial charge in [0.2, 0.25) is 0 Å². The minimum atomic E-state index is 0.188. The van der Waals surface area contributed by atoms with E-state index in [1.165, 1.54) is 11.1 Å². The first-order valence-corrected chi connectivity index (χ1v) is 10.8. The van der Waals surface area contributed by atoms with Crippen LogP contribution in [0.3, 0.4) is 0 Å². The summed E-state index contributed by atoms with van der Waals surface area (Å²) < 4.78 is 0. The fourth-order valence-corrected chi connectivity index (χ4v) is 3.73. The summed E-state index contributed by atoms with van der Waals surface area (Å²) in [6.45, 7) is 4.36. The quantitative estimate of drug-likeness (QED) is 0.242. The van der Waals surface area contributed by atoms with Crippen LogP contribution in [0.1, 0.15) is 29.2 Å². The second kappa shape index (κ2) is 9.90. The van der Waals surface area contributed by atoms with Crippen LogP contribution in [0.25, 0.3) is 0 Å². The normalized spacial score (nSPS) is 11.5. The average molecular weight is 405 g/mol. The fourth-order valence-electron chi connectivity index (χ4n) is 3.73. The first-order valence-electron chi connectivity index (χ1n) is 10.8. The Kier molecular flexibility index (Phi) is 6.59. The zero-order chi connectivity index (χ0) is 21.5. The zero-order valence-electron chi connectivity index (χ0n) is 18.1. The number of rotatable bonds is 7. The van der Waals surface area contributed by atoms with E-state index < -0.39 is 0 Å². The Morgan fingerprint density at radius 1 is 0.677 bits per heavy atom. The van der Waals surface area contributed by atoms with Gasteiger partial charge in [-0.05, 0) is 38.0 Å². The minimum Gasteiger partial charge on any atom is -0.262 e. The van der Waals surface area contributed by atoms with Crippen molar-refractivity contribution in [2.75, 3.05) is 5.01 Å². The van der Waals surface area contributed by atoms with Gasteiger partial charge in [0, 0.05) is 11.1 Å². The van der Waals surface area contributed by atoms with Crippen molar-refractivity contribution in [2.45, 2.75) is 26.3 Å². The maximum absolute atomic E-state index is 5.26. The number of benzene rings is 4. The van der Waals surface area contributed by atoms with E-state index >= 15 is 0 Å². The Morgan fingerprint density at radius 3 is 1.68 bits per heavy atom. The molecular weight excluding hydrogens is 376 g/mol. The molecule has 0 bridgehead atoms. The molecule has 1 atom stereocenters. The van der Waals surface area contributed by atoms with E-state index in [9.17, 15) is 0 Å². The first-order chi connectivity index (χ1) is 15.2. The molecule has 0 radical (unpaired) electrons. The second-order valence-corrected chi connectivity index (χ2v) is 7.90. The van der Waals surface area contributed by atoms with Crippen LogP contribution in [0.15, 0.2) is 120 Å². The monoisotopic (exact) mass is 404 g/mol. The van der Waals surface area contributed by atoms with E-state index in [-0.39, 0.29) is 6.04 Å². The summed E-state index contributed by atoms with van der Waals surface area (Å²) in [5, 5.41) is 7.43. The summed E-state index contributed by atoms with van der Waals surface area (Å²) in [4.78, 5) is 0. The summed E-state index contributed by atoms with van der Waals surface area (Å²) in [5.41, 5.74) is 6.84. The van der Waals surface area contributed by atoms with Crippen molar-refractivity contribution in [1.82, 2.24) is 0 Å². The molecule has 4 aromatic rings. The smallest absolute Gasteiger partial charge is 0.0980 e. The number of hydrazone groups is 1. The summed E-state index contributed by atoms with van der Waals surface area (Å²) in [7, 11) is 0. The lowest BCUT2D eigenvalue weighted by atomic mass is 10.0. The van der Waals surface area contributed by atoms with E-state index in [1.54, 1.807) is 0 Å². The molecule has 2 nitrogen and oxygen atoms in total. The minimum absolute atomic E-state index is 0.188. The lowest BCUT2D eigenvalue weighted by Gasteiger charge is -2.28. The highest BCUT2D eigenvalue weighted by Gasteiger charge is 2.17. The van der Waals surface area contributed by atoms with Gasteiger partial charge in [-0.1, -0.05) is 109 Å². The zero-order valence-corrected chi connectivity index (χ0v) is 18.1. The summed E-state index contributed by atoms with van der Waals surface area (Å²) in [5.74, 6) is 0. The lowest BCUT2D eigenvalue weighted by Crippen LogP contribution is -2.31. The van der Waals surface area contributed by atoms with Crippen LogP contribution in [-0.2, 0) is 6.42 Å². The maximum atomic E-state index is 5.26. The van der Waals surface area contributed by atoms with E-state index in [4.69, 9.17) is 5.10 Å². The van der Waals surface area contributed by atoms with Crippen LogP contribution < -0.4 is 5.01 Å². The number of anilines is 1. The highest BCUT2D eigenvalue weighted by atomic mass is 15.5. The Bertz CT molecular complexity index is 1060. The summed E-state index contributed by atoms with van der Waals surface area (Å²) in [6, 6.07) is 40.3. The van der Waals surface area contributed by atoms with Gasteiger partial charge in [-0.2, -0.15) is 5.10 Å². The maximum Gasteiger partial charge on any atom is 0.0980 e. The lowest BCUT2D eigenvalue weighted by molar-refractivity contribution is 0.651. The van der Waals surface area contributed by atoms with E-state index in [0.29, 0.717) is 0 Å². The molecule has 0 saturated carbocycles. The van der Waals surface area contributed by atoms with Crippen molar-refractivity contribution in [3.63, 3.8) is 0 Å². The Hall–Kier alpha value is -3.65. The molecule has 31 heavy (non-hydrogen) atoms. The van der Waals surface area contributed by atoms with Crippen molar-refractivity contribution in [1.29, 1.82) is 0 Å². The van der Waals surface area contributed by atoms with Crippen LogP contribution >= 0.6 is 0 Å². The van der Waals surface area contributed by atoms with Crippen LogP contribution in [0, 0.1) is 6.92 Å². The number of hydrogen-bond donors (Lipinski definition) is 0. The number of hydrogen-bond acceptors (Lipinski definition) is 2. The Balaban J connectivity index is 1.80. The van der Waals surface area contributed by atoms with E-state index in [2.05, 4.69) is 122 Å². The van der Waals surface area contributed by atoms with Gasteiger partial charge >= 0.3 is 0 Å².